The standard InChI is InChI=1S/C12H27OSi.Zr/c1-4-7-10-14(13,11-8-5-2)12-9-6-3;/h4-12H2,1-3H3;/q-1;+1. The van der Waals surface area contributed by atoms with E-state index in [1.807, 2.05) is 0 Å². The van der Waals surface area contributed by atoms with Crippen molar-refractivity contribution in [2.45, 2.75) is 77.4 Å². The molecule has 0 saturated heterocycles. The Kier molecular flexibility index (Phi) is 11.0. The molecule has 0 atom stereocenters. The Labute approximate surface area is 113 Å². The van der Waals surface area contributed by atoms with Gasteiger partial charge in [0.15, 0.2) is 0 Å². The fourth-order valence-corrected chi connectivity index (χ4v) is 8.33. The van der Waals surface area contributed by atoms with Gasteiger partial charge < -0.3 is 0 Å². The summed E-state index contributed by atoms with van der Waals surface area (Å²) in [5.41, 5.74) is 0. The third-order valence-electron chi connectivity index (χ3n) is 3.17. The van der Waals surface area contributed by atoms with Crippen molar-refractivity contribution in [3.63, 3.8) is 0 Å². The van der Waals surface area contributed by atoms with E-state index >= 15 is 0 Å². The van der Waals surface area contributed by atoms with Gasteiger partial charge in [-0.05, 0) is 0 Å². The van der Waals surface area contributed by atoms with E-state index in [0.717, 1.165) is 0 Å². The van der Waals surface area contributed by atoms with Gasteiger partial charge in [-0.2, -0.15) is 0 Å². The molecule has 0 N–H and O–H groups in total. The molecule has 0 unspecified atom stereocenters. The Balaban J connectivity index is 4.16. The minimum absolute atomic E-state index is 1.29. The van der Waals surface area contributed by atoms with Crippen LogP contribution in [-0.2, 0) is 27.7 Å². The summed E-state index contributed by atoms with van der Waals surface area (Å²) in [6.07, 6.45) is 8.13. The summed E-state index contributed by atoms with van der Waals surface area (Å²) < 4.78 is 6.07. The number of hydrogen-bond acceptors (Lipinski definition) is 1. The molecule has 0 saturated carbocycles. The van der Waals surface area contributed by atoms with E-state index < -0.39 is 8.32 Å². The van der Waals surface area contributed by atoms with Crippen molar-refractivity contribution < 1.29 is 27.7 Å². The molecule has 0 radical (unpaired) electrons. The average Bonchev–Trinajstić information content (AvgIpc) is 2.29. The van der Waals surface area contributed by atoms with Crippen molar-refractivity contribution in [1.82, 2.24) is 0 Å². The van der Waals surface area contributed by atoms with E-state index in [-0.39, 0.29) is 0 Å². The molecule has 0 aromatic rings. The third-order valence-corrected chi connectivity index (χ3v) is 10.6. The first-order valence-electron chi connectivity index (χ1n) is 6.59. The molecule has 0 aromatic carbocycles. The summed E-state index contributed by atoms with van der Waals surface area (Å²) in [5, 5.41) is 0. The van der Waals surface area contributed by atoms with E-state index in [0.29, 0.717) is 0 Å². The van der Waals surface area contributed by atoms with E-state index in [9.17, 15) is 0 Å². The third kappa shape index (κ3) is 7.07. The Morgan fingerprint density at radius 2 is 1.13 bits per heavy atom. The van der Waals surface area contributed by atoms with Crippen molar-refractivity contribution in [1.29, 1.82) is 0 Å². The van der Waals surface area contributed by atoms with E-state index in [1.165, 1.54) is 81.8 Å². The van der Waals surface area contributed by atoms with Gasteiger partial charge in [0.2, 0.25) is 0 Å². The Hall–Kier alpha value is 1.06. The van der Waals surface area contributed by atoms with Crippen LogP contribution in [0.15, 0.2) is 0 Å². The van der Waals surface area contributed by atoms with E-state index in [2.05, 4.69) is 20.8 Å². The first-order chi connectivity index (χ1) is 7.24. The zero-order chi connectivity index (χ0) is 11.6. The molecule has 15 heavy (non-hydrogen) atoms. The fraction of sp³-hybridized carbons (Fsp3) is 1.00. The van der Waals surface area contributed by atoms with Crippen LogP contribution in [0.4, 0.5) is 0 Å². The molecule has 0 spiro atoms. The maximum absolute atomic E-state index is 6.07. The van der Waals surface area contributed by atoms with Crippen LogP contribution >= 0.6 is 0 Å². The normalized spacial score (nSPS) is 11.9. The van der Waals surface area contributed by atoms with Crippen LogP contribution in [0.25, 0.3) is 0 Å². The number of hydrogen-bond donors (Lipinski definition) is 0. The van der Waals surface area contributed by atoms with Gasteiger partial charge in [0.05, 0.1) is 0 Å². The van der Waals surface area contributed by atoms with Crippen LogP contribution in [0.2, 0.25) is 18.1 Å². The second-order valence-corrected chi connectivity index (χ2v) is 10.2. The molecule has 3 heteroatoms. The zero-order valence-corrected chi connectivity index (χ0v) is 14.2. The van der Waals surface area contributed by atoms with Crippen molar-refractivity contribution in [2.24, 2.45) is 0 Å². The van der Waals surface area contributed by atoms with Gasteiger partial charge in [0, 0.05) is 0 Å². The molecule has 0 heterocycles. The van der Waals surface area contributed by atoms with Crippen LogP contribution in [0, 0.1) is 0 Å². The molecule has 0 rings (SSSR count). The van der Waals surface area contributed by atoms with Gasteiger partial charge in [-0.15, -0.1) is 0 Å². The molecular formula is C12H27OSiZr. The van der Waals surface area contributed by atoms with Crippen LogP contribution in [0.5, 0.6) is 0 Å². The summed E-state index contributed by atoms with van der Waals surface area (Å²) in [4.78, 5) is 0. The van der Waals surface area contributed by atoms with Gasteiger partial charge in [-0.25, -0.2) is 0 Å². The van der Waals surface area contributed by atoms with Gasteiger partial charge in [-0.1, -0.05) is 0 Å². The Morgan fingerprint density at radius 1 is 0.800 bits per heavy atom. The molecule has 0 fully saturated rings. The molecular weight excluding hydrogens is 279 g/mol. The molecule has 0 aliphatic carbocycles. The maximum atomic E-state index is 6.07. The summed E-state index contributed by atoms with van der Waals surface area (Å²) >= 11 is 1.31. The predicted octanol–water partition coefficient (Wildman–Crippen LogP) is 4.81. The monoisotopic (exact) mass is 305 g/mol. The molecule has 0 aromatic heterocycles. The van der Waals surface area contributed by atoms with Crippen LogP contribution in [0.3, 0.4) is 0 Å². The molecule has 89 valence electrons. The second kappa shape index (κ2) is 10.2. The fourth-order valence-electron chi connectivity index (χ4n) is 2.02. The molecule has 0 amide bonds. The van der Waals surface area contributed by atoms with Crippen LogP contribution in [0.1, 0.15) is 59.3 Å². The van der Waals surface area contributed by atoms with Gasteiger partial charge >= 0.3 is 113 Å². The SMILES string of the molecule is CCCC[Si](CCCC)(CCCC)[O][Zr]. The topological polar surface area (TPSA) is 9.23 Å². The summed E-state index contributed by atoms with van der Waals surface area (Å²) in [7, 11) is -1.29. The quantitative estimate of drug-likeness (QED) is 0.526. The summed E-state index contributed by atoms with van der Waals surface area (Å²) in [6, 6.07) is 4.23. The second-order valence-electron chi connectivity index (χ2n) is 4.60. The number of rotatable bonds is 10. The van der Waals surface area contributed by atoms with E-state index in [4.69, 9.17) is 2.50 Å². The average molecular weight is 307 g/mol. The first-order valence-corrected chi connectivity index (χ1v) is 10.1. The van der Waals surface area contributed by atoms with Crippen LogP contribution < -0.4 is 0 Å². The Bertz CT molecular complexity index is 120. The minimum atomic E-state index is -1.29. The first kappa shape index (κ1) is 16.1. The molecule has 0 bridgehead atoms. The van der Waals surface area contributed by atoms with Crippen molar-refractivity contribution in [3.8, 4) is 0 Å². The Morgan fingerprint density at radius 3 is 1.33 bits per heavy atom. The van der Waals surface area contributed by atoms with Crippen molar-refractivity contribution >= 4 is 8.32 Å². The molecule has 0 aliphatic heterocycles. The van der Waals surface area contributed by atoms with Crippen LogP contribution in [-0.4, -0.2) is 8.32 Å². The molecule has 0 aliphatic rings. The van der Waals surface area contributed by atoms with Gasteiger partial charge in [0.1, 0.15) is 0 Å². The zero-order valence-electron chi connectivity index (χ0n) is 10.8. The van der Waals surface area contributed by atoms with Crippen molar-refractivity contribution in [2.75, 3.05) is 0 Å². The predicted molar refractivity (Wildman–Crippen MR) is 66.0 cm³/mol. The number of unbranched alkanes of at least 4 members (excludes halogenated alkanes) is 3. The van der Waals surface area contributed by atoms with E-state index in [1.54, 1.807) is 0 Å². The van der Waals surface area contributed by atoms with Gasteiger partial charge in [-0.3, -0.25) is 0 Å². The van der Waals surface area contributed by atoms with Crippen molar-refractivity contribution in [3.05, 3.63) is 0 Å². The summed E-state index contributed by atoms with van der Waals surface area (Å²) in [6.45, 7) is 6.88. The molecule has 1 nitrogen and oxygen atoms in total. The van der Waals surface area contributed by atoms with Gasteiger partial charge in [0.25, 0.3) is 0 Å². The summed E-state index contributed by atoms with van der Waals surface area (Å²) in [5.74, 6) is 0.